The zero-order valence-electron chi connectivity index (χ0n) is 10.8. The molecule has 1 atom stereocenters. The smallest absolute Gasteiger partial charge is 0.236 e. The summed E-state index contributed by atoms with van der Waals surface area (Å²) in [6.45, 7) is 3.34. The third-order valence-corrected chi connectivity index (χ3v) is 2.66. The second-order valence-corrected chi connectivity index (χ2v) is 4.93. The van der Waals surface area contributed by atoms with Gasteiger partial charge in [-0.2, -0.15) is 0 Å². The minimum Gasteiger partial charge on any atom is -0.393 e. The van der Waals surface area contributed by atoms with Gasteiger partial charge in [-0.05, 0) is 20.4 Å². The summed E-state index contributed by atoms with van der Waals surface area (Å²) in [6.07, 6.45) is 0.884. The number of amides is 1. The zero-order valence-corrected chi connectivity index (χ0v) is 11.7. The number of likely N-dealkylation sites (N-methyl/N-ethyl adjacent to an activating group) is 2. The van der Waals surface area contributed by atoms with Gasteiger partial charge in [0.1, 0.15) is 0 Å². The number of carbonyl (C=O) groups excluding carboxylic acids is 1. The van der Waals surface area contributed by atoms with Crippen molar-refractivity contribution in [1.29, 1.82) is 0 Å². The Kier molecular flexibility index (Phi) is 8.03. The molecule has 0 bridgehead atoms. The molecular formula is C11H23N3O2S. The third-order valence-electron chi connectivity index (χ3n) is 2.45. The molecule has 0 saturated carbocycles. The summed E-state index contributed by atoms with van der Waals surface area (Å²) in [4.78, 5) is 15.7. The summed E-state index contributed by atoms with van der Waals surface area (Å²) in [5.41, 5.74) is 5.38. The first-order valence-corrected chi connectivity index (χ1v) is 6.12. The molecule has 5 nitrogen and oxygen atoms in total. The van der Waals surface area contributed by atoms with Crippen molar-refractivity contribution in [2.45, 2.75) is 25.9 Å². The van der Waals surface area contributed by atoms with Gasteiger partial charge in [0.25, 0.3) is 0 Å². The molecule has 0 spiro atoms. The van der Waals surface area contributed by atoms with Crippen LogP contribution in [0.5, 0.6) is 0 Å². The summed E-state index contributed by atoms with van der Waals surface area (Å²) in [5.74, 6) is 0.0364. The van der Waals surface area contributed by atoms with Crippen LogP contribution in [-0.4, -0.2) is 65.6 Å². The van der Waals surface area contributed by atoms with Crippen molar-refractivity contribution >= 4 is 23.1 Å². The van der Waals surface area contributed by atoms with Crippen LogP contribution in [0.25, 0.3) is 0 Å². The van der Waals surface area contributed by atoms with Gasteiger partial charge in [-0.15, -0.1) is 0 Å². The van der Waals surface area contributed by atoms with Gasteiger partial charge < -0.3 is 15.7 Å². The van der Waals surface area contributed by atoms with Crippen molar-refractivity contribution in [3.05, 3.63) is 0 Å². The lowest BCUT2D eigenvalue weighted by molar-refractivity contribution is -0.130. The van der Waals surface area contributed by atoms with Gasteiger partial charge >= 0.3 is 0 Å². The molecule has 0 saturated heterocycles. The second kappa shape index (κ2) is 8.38. The van der Waals surface area contributed by atoms with Gasteiger partial charge in [0, 0.05) is 26.6 Å². The predicted octanol–water partition coefficient (Wildman–Crippen LogP) is -0.176. The monoisotopic (exact) mass is 261 g/mol. The van der Waals surface area contributed by atoms with E-state index in [1.165, 1.54) is 0 Å². The zero-order chi connectivity index (χ0) is 13.4. The van der Waals surface area contributed by atoms with Gasteiger partial charge in [-0.25, -0.2) is 0 Å². The van der Waals surface area contributed by atoms with Crippen LogP contribution in [0.15, 0.2) is 0 Å². The summed E-state index contributed by atoms with van der Waals surface area (Å²) in [7, 11) is 3.60. The van der Waals surface area contributed by atoms with Gasteiger partial charge in [0.2, 0.25) is 5.91 Å². The van der Waals surface area contributed by atoms with Crippen LogP contribution >= 0.6 is 12.2 Å². The molecule has 0 rings (SSSR count). The van der Waals surface area contributed by atoms with E-state index in [2.05, 4.69) is 0 Å². The first kappa shape index (κ1) is 16.3. The molecule has 0 heterocycles. The fraction of sp³-hybridized carbons (Fsp3) is 0.818. The van der Waals surface area contributed by atoms with Gasteiger partial charge in [-0.3, -0.25) is 9.69 Å². The van der Waals surface area contributed by atoms with E-state index in [4.69, 9.17) is 23.1 Å². The van der Waals surface area contributed by atoms with Crippen LogP contribution in [0.3, 0.4) is 0 Å². The third kappa shape index (κ3) is 9.02. The molecule has 0 radical (unpaired) electrons. The van der Waals surface area contributed by atoms with E-state index in [1.807, 2.05) is 11.9 Å². The maximum Gasteiger partial charge on any atom is 0.236 e. The number of nitrogens with two attached hydrogens (primary N) is 1. The lowest BCUT2D eigenvalue weighted by atomic mass is 10.3. The topological polar surface area (TPSA) is 69.8 Å². The molecule has 0 aromatic rings. The van der Waals surface area contributed by atoms with Crippen LogP contribution in [0.4, 0.5) is 0 Å². The number of aliphatic hydroxyl groups excluding tert-OH is 1. The summed E-state index contributed by atoms with van der Waals surface area (Å²) in [5, 5.41) is 9.14. The number of hydrogen-bond donors (Lipinski definition) is 2. The number of thiocarbonyl (C=S) groups is 1. The van der Waals surface area contributed by atoms with Crippen LogP contribution in [-0.2, 0) is 4.79 Å². The quantitative estimate of drug-likeness (QED) is 0.593. The van der Waals surface area contributed by atoms with Crippen LogP contribution in [0.1, 0.15) is 19.8 Å². The average molecular weight is 261 g/mol. The first-order chi connectivity index (χ1) is 7.82. The Balaban J connectivity index is 3.86. The van der Waals surface area contributed by atoms with Crippen molar-refractivity contribution in [1.82, 2.24) is 9.80 Å². The molecule has 0 aliphatic carbocycles. The largest absolute Gasteiger partial charge is 0.393 e. The van der Waals surface area contributed by atoms with E-state index < -0.39 is 0 Å². The SMILES string of the molecule is CC(O)CCN(C)CC(=O)N(C)CCC(N)=S. The highest BCUT2D eigenvalue weighted by Gasteiger charge is 2.12. The number of hydrogen-bond acceptors (Lipinski definition) is 4. The molecule has 0 aliphatic heterocycles. The average Bonchev–Trinajstić information content (AvgIpc) is 2.22. The Morgan fingerprint density at radius 3 is 2.47 bits per heavy atom. The fourth-order valence-electron chi connectivity index (χ4n) is 1.24. The molecule has 1 amide bonds. The molecular weight excluding hydrogens is 238 g/mol. The molecule has 3 N–H and O–H groups in total. The Hall–Kier alpha value is -0.720. The van der Waals surface area contributed by atoms with E-state index in [9.17, 15) is 4.79 Å². The van der Waals surface area contributed by atoms with E-state index in [0.717, 1.165) is 0 Å². The lowest BCUT2D eigenvalue weighted by Gasteiger charge is -2.22. The van der Waals surface area contributed by atoms with Crippen molar-refractivity contribution < 1.29 is 9.90 Å². The van der Waals surface area contributed by atoms with Crippen molar-refractivity contribution in [2.75, 3.05) is 33.7 Å². The predicted molar refractivity (Wildman–Crippen MR) is 72.8 cm³/mol. The van der Waals surface area contributed by atoms with Crippen molar-refractivity contribution in [2.24, 2.45) is 5.73 Å². The molecule has 6 heteroatoms. The Labute approximate surface area is 109 Å². The highest BCUT2D eigenvalue weighted by molar-refractivity contribution is 7.80. The maximum atomic E-state index is 11.7. The Morgan fingerprint density at radius 2 is 2.00 bits per heavy atom. The Bertz CT molecular complexity index is 259. The van der Waals surface area contributed by atoms with Gasteiger partial charge in [0.05, 0.1) is 17.6 Å². The number of aliphatic hydroxyl groups is 1. The summed E-state index contributed by atoms with van der Waals surface area (Å²) < 4.78 is 0. The molecule has 0 aromatic heterocycles. The van der Waals surface area contributed by atoms with Gasteiger partial charge in [0.15, 0.2) is 0 Å². The summed E-state index contributed by atoms with van der Waals surface area (Å²) >= 11 is 4.76. The molecule has 17 heavy (non-hydrogen) atoms. The highest BCUT2D eigenvalue weighted by atomic mass is 32.1. The number of rotatable bonds is 8. The normalized spacial score (nSPS) is 12.5. The van der Waals surface area contributed by atoms with E-state index in [-0.39, 0.29) is 12.0 Å². The molecule has 1 unspecified atom stereocenters. The molecule has 0 aromatic carbocycles. The lowest BCUT2D eigenvalue weighted by Crippen LogP contribution is -2.38. The van der Waals surface area contributed by atoms with E-state index >= 15 is 0 Å². The van der Waals surface area contributed by atoms with Crippen LogP contribution < -0.4 is 5.73 Å². The van der Waals surface area contributed by atoms with Crippen molar-refractivity contribution in [3.8, 4) is 0 Å². The molecule has 100 valence electrons. The minimum absolute atomic E-state index is 0.0364. The number of nitrogens with zero attached hydrogens (tertiary/aromatic N) is 2. The fourth-order valence-corrected chi connectivity index (χ4v) is 1.33. The van der Waals surface area contributed by atoms with Crippen LogP contribution in [0.2, 0.25) is 0 Å². The number of carbonyl (C=O) groups is 1. The van der Waals surface area contributed by atoms with Crippen molar-refractivity contribution in [3.63, 3.8) is 0 Å². The minimum atomic E-state index is -0.333. The first-order valence-electron chi connectivity index (χ1n) is 5.71. The van der Waals surface area contributed by atoms with Crippen LogP contribution in [0, 0.1) is 0 Å². The standard InChI is InChI=1S/C11H23N3O2S/c1-9(15)4-6-13(2)8-11(16)14(3)7-5-10(12)17/h9,15H,4-8H2,1-3H3,(H2,12,17). The van der Waals surface area contributed by atoms with E-state index in [1.54, 1.807) is 18.9 Å². The van der Waals surface area contributed by atoms with E-state index in [0.29, 0.717) is 37.5 Å². The molecule has 0 aliphatic rings. The highest BCUT2D eigenvalue weighted by Crippen LogP contribution is 1.96. The summed E-state index contributed by atoms with van der Waals surface area (Å²) in [6, 6.07) is 0. The molecule has 0 fully saturated rings. The Morgan fingerprint density at radius 1 is 1.41 bits per heavy atom. The second-order valence-electron chi connectivity index (χ2n) is 4.41. The maximum absolute atomic E-state index is 11.7. The van der Waals surface area contributed by atoms with Gasteiger partial charge in [-0.1, -0.05) is 12.2 Å².